The quantitative estimate of drug-likeness (QED) is 0.0243. The second-order valence-electron chi connectivity index (χ2n) is 19.6. The van der Waals surface area contributed by atoms with Crippen LogP contribution in [0.4, 0.5) is 0 Å². The van der Waals surface area contributed by atoms with Gasteiger partial charge < -0.3 is 19.8 Å². The summed E-state index contributed by atoms with van der Waals surface area (Å²) in [4.78, 5) is 23.3. The summed E-state index contributed by atoms with van der Waals surface area (Å²) in [6.07, 6.45) is 67.8. The van der Waals surface area contributed by atoms with E-state index in [9.17, 15) is 19.4 Å². The zero-order valence-electron chi connectivity index (χ0n) is 44.1. The molecule has 0 aliphatic carbocycles. The number of carbonyl (C=O) groups is 1. The molecule has 0 aromatic carbocycles. The summed E-state index contributed by atoms with van der Waals surface area (Å²) < 4.78 is 23.7. The van der Waals surface area contributed by atoms with Crippen LogP contribution in [0.25, 0.3) is 0 Å². The van der Waals surface area contributed by atoms with Crippen LogP contribution in [0.2, 0.25) is 0 Å². The second kappa shape index (κ2) is 48.7. The first-order valence-corrected chi connectivity index (χ1v) is 28.9. The van der Waals surface area contributed by atoms with Crippen LogP contribution >= 0.6 is 7.82 Å². The van der Waals surface area contributed by atoms with Crippen LogP contribution in [0, 0.1) is 0 Å². The van der Waals surface area contributed by atoms with E-state index < -0.39 is 20.0 Å². The first-order valence-electron chi connectivity index (χ1n) is 27.5. The van der Waals surface area contributed by atoms with E-state index in [1.165, 1.54) is 116 Å². The molecule has 0 radical (unpaired) electrons. The number of carbonyl (C=O) groups excluding carboxylic acids is 1. The fraction of sp³-hybridized carbons (Fsp3) is 0.741. The molecule has 3 N–H and O–H groups in total. The number of phosphoric acid groups is 1. The highest BCUT2D eigenvalue weighted by atomic mass is 31.2. The van der Waals surface area contributed by atoms with Gasteiger partial charge in [-0.15, -0.1) is 0 Å². The van der Waals surface area contributed by atoms with Gasteiger partial charge in [-0.05, 0) is 70.6 Å². The van der Waals surface area contributed by atoms with Crippen LogP contribution in [0.3, 0.4) is 0 Å². The zero-order chi connectivity index (χ0) is 49.2. The molecule has 3 atom stereocenters. The molecule has 0 rings (SSSR count). The average molecular weight is 958 g/mol. The number of amides is 1. The van der Waals surface area contributed by atoms with Crippen LogP contribution in [0.15, 0.2) is 85.1 Å². The Bertz CT molecular complexity index is 1360. The minimum absolute atomic E-state index is 0.0709. The van der Waals surface area contributed by atoms with E-state index in [0.717, 1.165) is 83.5 Å². The largest absolute Gasteiger partial charge is 0.472 e. The number of nitrogens with zero attached hydrogens (tertiary/aromatic N) is 1. The third-order valence-corrected chi connectivity index (χ3v) is 12.9. The number of likely N-dealkylation sites (N-methyl/N-ethyl adjacent to an activating group) is 1. The lowest BCUT2D eigenvalue weighted by atomic mass is 10.0. The number of unbranched alkanes of at least 4 members (excludes halogenated alkanes) is 22. The van der Waals surface area contributed by atoms with Crippen LogP contribution in [-0.2, 0) is 18.4 Å². The van der Waals surface area contributed by atoms with Crippen LogP contribution < -0.4 is 5.32 Å². The van der Waals surface area contributed by atoms with Gasteiger partial charge in [0.15, 0.2) is 0 Å². The van der Waals surface area contributed by atoms with Crippen LogP contribution in [0.1, 0.15) is 226 Å². The van der Waals surface area contributed by atoms with Gasteiger partial charge in [-0.2, -0.15) is 0 Å². The van der Waals surface area contributed by atoms with E-state index in [1.54, 1.807) is 0 Å². The lowest BCUT2D eigenvalue weighted by Gasteiger charge is -2.26. The molecule has 0 saturated heterocycles. The maximum atomic E-state index is 13.0. The lowest BCUT2D eigenvalue weighted by Crippen LogP contribution is -2.46. The molecule has 0 bridgehead atoms. The third kappa shape index (κ3) is 51.4. The molecule has 0 heterocycles. The molecule has 0 aliphatic rings. The van der Waals surface area contributed by atoms with Crippen molar-refractivity contribution < 1.29 is 32.9 Å². The molecule has 0 aromatic heterocycles. The van der Waals surface area contributed by atoms with Gasteiger partial charge in [0.1, 0.15) is 13.2 Å². The van der Waals surface area contributed by atoms with Crippen LogP contribution in [0.5, 0.6) is 0 Å². The van der Waals surface area contributed by atoms with Gasteiger partial charge in [0, 0.05) is 6.42 Å². The van der Waals surface area contributed by atoms with Gasteiger partial charge in [-0.25, -0.2) is 4.57 Å². The summed E-state index contributed by atoms with van der Waals surface area (Å²) in [7, 11) is 1.61. The number of phosphoric ester groups is 1. The average Bonchev–Trinajstić information content (AvgIpc) is 3.29. The Hall–Kier alpha value is -2.32. The van der Waals surface area contributed by atoms with Crippen molar-refractivity contribution in [1.29, 1.82) is 0 Å². The monoisotopic (exact) mass is 958 g/mol. The highest BCUT2D eigenvalue weighted by molar-refractivity contribution is 7.47. The zero-order valence-corrected chi connectivity index (χ0v) is 45.0. The Morgan fingerprint density at radius 1 is 0.522 bits per heavy atom. The first-order chi connectivity index (χ1) is 32.5. The number of allylic oxidation sites excluding steroid dienone is 14. The molecule has 8 nitrogen and oxygen atoms in total. The number of rotatable bonds is 49. The normalized spacial score (nSPS) is 14.7. The van der Waals surface area contributed by atoms with Crippen molar-refractivity contribution in [3.63, 3.8) is 0 Å². The smallest absolute Gasteiger partial charge is 0.391 e. The minimum Gasteiger partial charge on any atom is -0.391 e. The fourth-order valence-electron chi connectivity index (χ4n) is 7.61. The topological polar surface area (TPSA) is 105 Å². The van der Waals surface area contributed by atoms with E-state index in [1.807, 2.05) is 21.1 Å². The van der Waals surface area contributed by atoms with E-state index in [-0.39, 0.29) is 19.1 Å². The molecule has 388 valence electrons. The number of quaternary nitrogens is 1. The third-order valence-electron chi connectivity index (χ3n) is 11.9. The van der Waals surface area contributed by atoms with Gasteiger partial charge in [-0.1, -0.05) is 234 Å². The number of nitrogens with one attached hydrogen (secondary N) is 1. The van der Waals surface area contributed by atoms with Crippen molar-refractivity contribution in [1.82, 2.24) is 5.32 Å². The van der Waals surface area contributed by atoms with Crippen molar-refractivity contribution >= 4 is 13.7 Å². The van der Waals surface area contributed by atoms with Gasteiger partial charge in [0.2, 0.25) is 5.91 Å². The van der Waals surface area contributed by atoms with E-state index in [2.05, 4.69) is 104 Å². The fourth-order valence-corrected chi connectivity index (χ4v) is 8.35. The first kappa shape index (κ1) is 64.7. The minimum atomic E-state index is -4.32. The van der Waals surface area contributed by atoms with E-state index >= 15 is 0 Å². The Kier molecular flexibility index (Phi) is 47.0. The predicted molar refractivity (Wildman–Crippen MR) is 290 cm³/mol. The van der Waals surface area contributed by atoms with E-state index in [4.69, 9.17) is 9.05 Å². The summed E-state index contributed by atoms with van der Waals surface area (Å²) in [5, 5.41) is 14.0. The highest BCUT2D eigenvalue weighted by Gasteiger charge is 2.28. The number of aliphatic hydroxyl groups excluding tert-OH is 1. The van der Waals surface area contributed by atoms with E-state index in [0.29, 0.717) is 23.9 Å². The predicted octanol–water partition coefficient (Wildman–Crippen LogP) is 16.5. The summed E-state index contributed by atoms with van der Waals surface area (Å²) >= 11 is 0. The number of hydrogen-bond acceptors (Lipinski definition) is 5. The summed E-state index contributed by atoms with van der Waals surface area (Å²) in [5.41, 5.74) is 0. The molecule has 9 heteroatoms. The Labute approximate surface area is 414 Å². The molecule has 1 amide bonds. The standard InChI is InChI=1S/C58H105N2O6P/c1-6-8-10-12-14-16-18-20-21-22-23-24-25-26-27-28-29-30-31-32-33-34-35-36-37-38-39-40-42-44-46-48-50-52-58(62)59-56(55-66-67(63,64)65-54-53-60(3,4)5)57(61)51-49-47-45-43-41-19-17-15-13-11-9-7-2/h8,10,14,16,20-21,23-24,26-27,29-30,32-33,56-57,61H,6-7,9,11-13,15,17-19,22,25,28,31,34-55H2,1-5H3,(H-,59,62,63,64)/p+1/b10-8-,16-14-,21-20-,24-23-,27-26-,30-29-,33-32-. The summed E-state index contributed by atoms with van der Waals surface area (Å²) in [6, 6.07) is -0.766. The Morgan fingerprint density at radius 2 is 0.896 bits per heavy atom. The van der Waals surface area contributed by atoms with Crippen molar-refractivity contribution in [2.75, 3.05) is 40.9 Å². The SMILES string of the molecule is CC/C=C\C/C=C\C/C=C\C/C=C\C/C=C\C/C=C\C/C=C\CCCCCCCCCCCCCC(=O)NC(COP(=O)(O)OCC[N+](C)(C)C)C(O)CCCCCCCCCCCCCC. The molecular weight excluding hydrogens is 852 g/mol. The van der Waals surface area contributed by atoms with Crippen molar-refractivity contribution in [3.8, 4) is 0 Å². The maximum absolute atomic E-state index is 13.0. The lowest BCUT2D eigenvalue weighted by molar-refractivity contribution is -0.870. The maximum Gasteiger partial charge on any atom is 0.472 e. The van der Waals surface area contributed by atoms with Crippen molar-refractivity contribution in [2.24, 2.45) is 0 Å². The molecular formula is C58H106N2O6P+. The Morgan fingerprint density at radius 3 is 1.31 bits per heavy atom. The Balaban J connectivity index is 4.09. The molecule has 0 aromatic rings. The van der Waals surface area contributed by atoms with Gasteiger partial charge in [-0.3, -0.25) is 13.8 Å². The van der Waals surface area contributed by atoms with Crippen molar-refractivity contribution in [3.05, 3.63) is 85.1 Å². The molecule has 67 heavy (non-hydrogen) atoms. The number of aliphatic hydroxyl groups is 1. The highest BCUT2D eigenvalue weighted by Crippen LogP contribution is 2.43. The molecule has 3 unspecified atom stereocenters. The second-order valence-corrected chi connectivity index (χ2v) is 21.0. The number of hydrogen-bond donors (Lipinski definition) is 3. The molecule has 0 spiro atoms. The van der Waals surface area contributed by atoms with Crippen LogP contribution in [-0.4, -0.2) is 73.4 Å². The van der Waals surface area contributed by atoms with Gasteiger partial charge >= 0.3 is 7.82 Å². The van der Waals surface area contributed by atoms with Crippen molar-refractivity contribution in [2.45, 2.75) is 238 Å². The molecule has 0 aliphatic heterocycles. The summed E-state index contributed by atoms with van der Waals surface area (Å²) in [5.74, 6) is -0.151. The molecule has 0 fully saturated rings. The van der Waals surface area contributed by atoms with Gasteiger partial charge in [0.05, 0.1) is 39.9 Å². The molecule has 0 saturated carbocycles. The summed E-state index contributed by atoms with van der Waals surface area (Å²) in [6.45, 7) is 4.76. The van der Waals surface area contributed by atoms with Gasteiger partial charge in [0.25, 0.3) is 0 Å².